The SMILES string of the molecule is O=C(N[C@H]1COC2(CCCCC2)C1)c1ccc(Cn2cnnn2)cc1. The highest BCUT2D eigenvalue weighted by Gasteiger charge is 2.41. The fraction of sp³-hybridized carbons (Fsp3) is 0.556. The summed E-state index contributed by atoms with van der Waals surface area (Å²) in [4.78, 5) is 12.5. The largest absolute Gasteiger partial charge is 0.373 e. The van der Waals surface area contributed by atoms with Crippen molar-refractivity contribution in [3.05, 3.63) is 41.7 Å². The average Bonchev–Trinajstić information content (AvgIpc) is 3.27. The normalized spacial score (nSPS) is 22.2. The number of nitrogens with one attached hydrogen (secondary N) is 1. The Kier molecular flexibility index (Phi) is 4.48. The lowest BCUT2D eigenvalue weighted by molar-refractivity contribution is -0.0246. The van der Waals surface area contributed by atoms with Crippen LogP contribution in [0.15, 0.2) is 30.6 Å². The first-order valence-electron chi connectivity index (χ1n) is 8.97. The summed E-state index contributed by atoms with van der Waals surface area (Å²) >= 11 is 0. The topological polar surface area (TPSA) is 81.9 Å². The van der Waals surface area contributed by atoms with Gasteiger partial charge in [0.1, 0.15) is 6.33 Å². The summed E-state index contributed by atoms with van der Waals surface area (Å²) in [5.74, 6) is -0.0320. The van der Waals surface area contributed by atoms with Crippen molar-refractivity contribution in [1.82, 2.24) is 25.5 Å². The zero-order chi connectivity index (χ0) is 17.1. The van der Waals surface area contributed by atoms with Crippen molar-refractivity contribution in [2.24, 2.45) is 0 Å². The highest BCUT2D eigenvalue weighted by atomic mass is 16.5. The first-order valence-corrected chi connectivity index (χ1v) is 8.97. The van der Waals surface area contributed by atoms with Gasteiger partial charge >= 0.3 is 0 Å². The van der Waals surface area contributed by atoms with Crippen LogP contribution in [0.4, 0.5) is 0 Å². The molecule has 0 bridgehead atoms. The standard InChI is InChI=1S/C18H23N5O2/c24-17(20-16-10-18(25-12-16)8-2-1-3-9-18)15-6-4-14(5-7-15)11-23-13-19-21-22-23/h4-7,13,16H,1-3,8-12H2,(H,20,24)/t16-/m1/s1. The molecule has 0 radical (unpaired) electrons. The quantitative estimate of drug-likeness (QED) is 0.919. The van der Waals surface area contributed by atoms with E-state index in [9.17, 15) is 4.79 Å². The third-order valence-corrected chi connectivity index (χ3v) is 5.26. The zero-order valence-corrected chi connectivity index (χ0v) is 14.2. The number of rotatable bonds is 4. The Morgan fingerprint density at radius 2 is 2.04 bits per heavy atom. The van der Waals surface area contributed by atoms with Crippen molar-refractivity contribution in [2.75, 3.05) is 6.61 Å². The Morgan fingerprint density at radius 1 is 1.24 bits per heavy atom. The number of carbonyl (C=O) groups excluding carboxylic acids is 1. The third-order valence-electron chi connectivity index (χ3n) is 5.26. The molecular formula is C18H23N5O2. The van der Waals surface area contributed by atoms with Crippen LogP contribution in [-0.4, -0.2) is 44.4 Å². The van der Waals surface area contributed by atoms with Crippen molar-refractivity contribution < 1.29 is 9.53 Å². The molecule has 1 aromatic heterocycles. The van der Waals surface area contributed by atoms with Crippen molar-refractivity contribution in [1.29, 1.82) is 0 Å². The van der Waals surface area contributed by atoms with Crippen LogP contribution >= 0.6 is 0 Å². The van der Waals surface area contributed by atoms with Gasteiger partial charge in [-0.2, -0.15) is 0 Å². The molecule has 1 aliphatic carbocycles. The lowest BCUT2D eigenvalue weighted by atomic mass is 9.82. The summed E-state index contributed by atoms with van der Waals surface area (Å²) in [7, 11) is 0. The summed E-state index contributed by atoms with van der Waals surface area (Å²) < 4.78 is 7.72. The molecule has 0 unspecified atom stereocenters. The number of hydrogen-bond donors (Lipinski definition) is 1. The van der Waals surface area contributed by atoms with Gasteiger partial charge in [-0.15, -0.1) is 5.10 Å². The van der Waals surface area contributed by atoms with E-state index in [0.717, 1.165) is 24.8 Å². The van der Waals surface area contributed by atoms with Gasteiger partial charge in [0.15, 0.2) is 0 Å². The van der Waals surface area contributed by atoms with Gasteiger partial charge in [0.2, 0.25) is 0 Å². The molecule has 7 heteroatoms. The monoisotopic (exact) mass is 341 g/mol. The molecule has 132 valence electrons. The maximum absolute atomic E-state index is 12.5. The molecule has 2 aromatic rings. The molecule has 1 saturated carbocycles. The Bertz CT molecular complexity index is 708. The van der Waals surface area contributed by atoms with Crippen LogP contribution in [0.1, 0.15) is 54.4 Å². The van der Waals surface area contributed by atoms with E-state index < -0.39 is 0 Å². The van der Waals surface area contributed by atoms with Crippen LogP contribution in [0.25, 0.3) is 0 Å². The molecule has 2 heterocycles. The van der Waals surface area contributed by atoms with Crippen molar-refractivity contribution in [3.63, 3.8) is 0 Å². The van der Waals surface area contributed by atoms with Gasteiger partial charge < -0.3 is 10.1 Å². The molecule has 4 rings (SSSR count). The second-order valence-electron chi connectivity index (χ2n) is 7.13. The fourth-order valence-corrected chi connectivity index (χ4v) is 3.95. The Labute approximate surface area is 146 Å². The van der Waals surface area contributed by atoms with Gasteiger partial charge in [-0.05, 0) is 47.4 Å². The minimum atomic E-state index is -0.0320. The summed E-state index contributed by atoms with van der Waals surface area (Å²) in [6, 6.07) is 7.68. The third kappa shape index (κ3) is 3.71. The van der Waals surface area contributed by atoms with E-state index in [2.05, 4.69) is 20.8 Å². The van der Waals surface area contributed by atoms with Gasteiger partial charge in [-0.3, -0.25) is 4.79 Å². The maximum atomic E-state index is 12.5. The molecule has 1 aromatic carbocycles. The molecule has 2 fully saturated rings. The van der Waals surface area contributed by atoms with Crippen LogP contribution in [0.5, 0.6) is 0 Å². The number of aromatic nitrogens is 4. The first kappa shape index (κ1) is 16.2. The molecule has 1 atom stereocenters. The second kappa shape index (κ2) is 6.92. The van der Waals surface area contributed by atoms with Gasteiger partial charge in [0, 0.05) is 5.56 Å². The molecule has 2 aliphatic rings. The highest BCUT2D eigenvalue weighted by Crippen LogP contribution is 2.39. The Morgan fingerprint density at radius 3 is 2.76 bits per heavy atom. The van der Waals surface area contributed by atoms with Crippen LogP contribution < -0.4 is 5.32 Å². The molecule has 25 heavy (non-hydrogen) atoms. The fourth-order valence-electron chi connectivity index (χ4n) is 3.95. The average molecular weight is 341 g/mol. The van der Waals surface area contributed by atoms with E-state index in [1.54, 1.807) is 11.0 Å². The predicted octanol–water partition coefficient (Wildman–Crippen LogP) is 1.94. The number of carbonyl (C=O) groups is 1. The molecular weight excluding hydrogens is 318 g/mol. The van der Waals surface area contributed by atoms with Crippen LogP contribution in [0, 0.1) is 0 Å². The van der Waals surface area contributed by atoms with E-state index in [-0.39, 0.29) is 17.6 Å². The van der Waals surface area contributed by atoms with Gasteiger partial charge in [0.25, 0.3) is 5.91 Å². The molecule has 1 amide bonds. The zero-order valence-electron chi connectivity index (χ0n) is 14.2. The minimum absolute atomic E-state index is 0.0197. The summed E-state index contributed by atoms with van der Waals surface area (Å²) in [6.07, 6.45) is 8.56. The highest BCUT2D eigenvalue weighted by molar-refractivity contribution is 5.94. The predicted molar refractivity (Wildman–Crippen MR) is 91.0 cm³/mol. The molecule has 1 N–H and O–H groups in total. The summed E-state index contributed by atoms with van der Waals surface area (Å²) in [6.45, 7) is 1.22. The number of ether oxygens (including phenoxy) is 1. The van der Waals surface area contributed by atoms with Crippen LogP contribution in [0.3, 0.4) is 0 Å². The van der Waals surface area contributed by atoms with E-state index >= 15 is 0 Å². The lowest BCUT2D eigenvalue weighted by Gasteiger charge is -2.32. The molecule has 7 nitrogen and oxygen atoms in total. The first-order chi connectivity index (χ1) is 12.2. The van der Waals surface area contributed by atoms with Crippen LogP contribution in [0.2, 0.25) is 0 Å². The number of hydrogen-bond acceptors (Lipinski definition) is 5. The second-order valence-corrected chi connectivity index (χ2v) is 7.13. The lowest BCUT2D eigenvalue weighted by Crippen LogP contribution is -2.37. The van der Waals surface area contributed by atoms with Crippen molar-refractivity contribution in [3.8, 4) is 0 Å². The smallest absolute Gasteiger partial charge is 0.251 e. The van der Waals surface area contributed by atoms with Crippen LogP contribution in [-0.2, 0) is 11.3 Å². The Balaban J connectivity index is 1.33. The van der Waals surface area contributed by atoms with E-state index in [1.165, 1.54) is 19.3 Å². The number of tetrazole rings is 1. The van der Waals surface area contributed by atoms with Crippen molar-refractivity contribution in [2.45, 2.75) is 56.7 Å². The number of benzene rings is 1. The van der Waals surface area contributed by atoms with Gasteiger partial charge in [-0.1, -0.05) is 31.4 Å². The summed E-state index contributed by atoms with van der Waals surface area (Å²) in [5.41, 5.74) is 1.74. The van der Waals surface area contributed by atoms with Crippen molar-refractivity contribution >= 4 is 5.91 Å². The number of nitrogens with zero attached hydrogens (tertiary/aromatic N) is 4. The minimum Gasteiger partial charge on any atom is -0.373 e. The molecule has 1 aliphatic heterocycles. The van der Waals surface area contributed by atoms with E-state index in [4.69, 9.17) is 4.74 Å². The van der Waals surface area contributed by atoms with Gasteiger partial charge in [0.05, 0.1) is 24.8 Å². The summed E-state index contributed by atoms with van der Waals surface area (Å²) in [5, 5.41) is 14.2. The van der Waals surface area contributed by atoms with Gasteiger partial charge in [-0.25, -0.2) is 4.68 Å². The Hall–Kier alpha value is -2.28. The molecule has 1 saturated heterocycles. The molecule has 1 spiro atoms. The maximum Gasteiger partial charge on any atom is 0.251 e. The van der Waals surface area contributed by atoms with E-state index in [0.29, 0.717) is 18.7 Å². The number of amides is 1. The van der Waals surface area contributed by atoms with E-state index in [1.807, 2.05) is 24.3 Å².